The molecule has 1 aliphatic rings. The van der Waals surface area contributed by atoms with E-state index in [0.717, 1.165) is 0 Å². The van der Waals surface area contributed by atoms with Crippen LogP contribution >= 0.6 is 22.3 Å². The number of carbonyl (C=O) groups is 2. The molecule has 20 heavy (non-hydrogen) atoms. The topological polar surface area (TPSA) is 71.5 Å². The molecule has 108 valence electrons. The Balaban J connectivity index is 2.40. The number of ketones is 1. The first-order valence-corrected chi connectivity index (χ1v) is 8.49. The van der Waals surface area contributed by atoms with Gasteiger partial charge in [-0.05, 0) is 25.1 Å². The zero-order chi connectivity index (χ0) is 15.1. The predicted octanol–water partition coefficient (Wildman–Crippen LogP) is 2.22. The van der Waals surface area contributed by atoms with E-state index in [-0.39, 0.29) is 29.7 Å². The third-order valence-corrected chi connectivity index (χ3v) is 5.32. The molecule has 0 saturated carbocycles. The Kier molecular flexibility index (Phi) is 4.09. The Hall–Kier alpha value is -1.11. The summed E-state index contributed by atoms with van der Waals surface area (Å²) < 4.78 is 22.6. The Morgan fingerprint density at radius 2 is 2.05 bits per heavy atom. The van der Waals surface area contributed by atoms with Crippen LogP contribution in [0.1, 0.15) is 23.7 Å². The molecule has 1 aromatic rings. The van der Waals surface area contributed by atoms with Crippen LogP contribution in [0.25, 0.3) is 0 Å². The fraction of sp³-hybridized carbons (Fsp3) is 0.333. The largest absolute Gasteiger partial charge is 0.310 e. The van der Waals surface area contributed by atoms with Gasteiger partial charge in [-0.25, -0.2) is 8.42 Å². The number of anilines is 1. The summed E-state index contributed by atoms with van der Waals surface area (Å²) in [7, 11) is 1.47. The van der Waals surface area contributed by atoms with Crippen LogP contribution in [0.4, 0.5) is 5.69 Å². The average Bonchev–Trinajstić information content (AvgIpc) is 2.71. The summed E-state index contributed by atoms with van der Waals surface area (Å²) in [4.78, 5) is 24.5. The second-order valence-corrected chi connectivity index (χ2v) is 7.84. The minimum Gasteiger partial charge on any atom is -0.310 e. The van der Waals surface area contributed by atoms with E-state index in [1.54, 1.807) is 6.07 Å². The van der Waals surface area contributed by atoms with Crippen LogP contribution in [0.15, 0.2) is 18.2 Å². The van der Waals surface area contributed by atoms with Gasteiger partial charge < -0.3 is 4.90 Å². The van der Waals surface area contributed by atoms with Crippen molar-refractivity contribution in [3.8, 4) is 0 Å². The smallest absolute Gasteiger partial charge is 0.237 e. The molecule has 0 bridgehead atoms. The van der Waals surface area contributed by atoms with Crippen LogP contribution in [0, 0.1) is 0 Å². The lowest BCUT2D eigenvalue weighted by molar-refractivity contribution is -0.117. The van der Waals surface area contributed by atoms with Crippen molar-refractivity contribution in [2.75, 3.05) is 11.4 Å². The van der Waals surface area contributed by atoms with Gasteiger partial charge in [0.2, 0.25) is 15.0 Å². The zero-order valence-corrected chi connectivity index (χ0v) is 12.8. The SMILES string of the molecule is CC(=O)c1ccc(Cl)c(N2CC(S(=O)(=O)Cl)CC2=O)c1. The van der Waals surface area contributed by atoms with Gasteiger partial charge in [0.15, 0.2) is 5.78 Å². The van der Waals surface area contributed by atoms with Crippen LogP contribution in [0.3, 0.4) is 0 Å². The van der Waals surface area contributed by atoms with Crippen molar-refractivity contribution in [3.63, 3.8) is 0 Å². The van der Waals surface area contributed by atoms with E-state index in [9.17, 15) is 18.0 Å². The lowest BCUT2D eigenvalue weighted by Crippen LogP contribution is -2.27. The molecule has 1 atom stereocenters. The molecular formula is C12H11Cl2NO4S. The van der Waals surface area contributed by atoms with Crippen LogP contribution in [0.5, 0.6) is 0 Å². The van der Waals surface area contributed by atoms with E-state index >= 15 is 0 Å². The Labute approximate surface area is 125 Å². The molecule has 0 aliphatic carbocycles. The normalized spacial score (nSPS) is 19.4. The maximum absolute atomic E-state index is 11.9. The number of benzene rings is 1. The monoisotopic (exact) mass is 335 g/mol. The highest BCUT2D eigenvalue weighted by atomic mass is 35.7. The van der Waals surface area contributed by atoms with Crippen LogP contribution < -0.4 is 4.90 Å². The minimum atomic E-state index is -3.82. The van der Waals surface area contributed by atoms with Crippen molar-refractivity contribution in [1.29, 1.82) is 0 Å². The van der Waals surface area contributed by atoms with Gasteiger partial charge >= 0.3 is 0 Å². The van der Waals surface area contributed by atoms with Gasteiger partial charge in [0, 0.05) is 29.2 Å². The average molecular weight is 336 g/mol. The summed E-state index contributed by atoms with van der Waals surface area (Å²) in [5, 5.41) is -0.690. The van der Waals surface area contributed by atoms with Gasteiger partial charge in [-0.2, -0.15) is 0 Å². The molecular weight excluding hydrogens is 325 g/mol. The maximum Gasteiger partial charge on any atom is 0.237 e. The molecule has 0 N–H and O–H groups in total. The summed E-state index contributed by atoms with van der Waals surface area (Å²) in [6, 6.07) is 4.53. The molecule has 8 heteroatoms. The van der Waals surface area contributed by atoms with Crippen molar-refractivity contribution >= 4 is 48.7 Å². The lowest BCUT2D eigenvalue weighted by Gasteiger charge is -2.18. The lowest BCUT2D eigenvalue weighted by atomic mass is 10.1. The highest BCUT2D eigenvalue weighted by molar-refractivity contribution is 8.14. The summed E-state index contributed by atoms with van der Waals surface area (Å²) in [5.41, 5.74) is 0.724. The molecule has 1 saturated heterocycles. The number of nitrogens with zero attached hydrogens (tertiary/aromatic N) is 1. The van der Waals surface area contributed by atoms with Crippen molar-refractivity contribution < 1.29 is 18.0 Å². The molecule has 0 radical (unpaired) electrons. The van der Waals surface area contributed by atoms with Crippen molar-refractivity contribution in [1.82, 2.24) is 0 Å². The molecule has 5 nitrogen and oxygen atoms in total. The number of hydrogen-bond donors (Lipinski definition) is 0. The number of carbonyl (C=O) groups excluding carboxylic acids is 2. The number of rotatable bonds is 3. The second kappa shape index (κ2) is 5.35. The van der Waals surface area contributed by atoms with Crippen molar-refractivity contribution in [2.24, 2.45) is 0 Å². The van der Waals surface area contributed by atoms with Crippen LogP contribution in [-0.4, -0.2) is 31.9 Å². The van der Waals surface area contributed by atoms with E-state index in [4.69, 9.17) is 22.3 Å². The van der Waals surface area contributed by atoms with Crippen molar-refractivity contribution in [2.45, 2.75) is 18.6 Å². The molecule has 1 amide bonds. The van der Waals surface area contributed by atoms with Gasteiger partial charge in [0.05, 0.1) is 10.7 Å². The summed E-state index contributed by atoms with van der Waals surface area (Å²) in [5.74, 6) is -0.557. The van der Waals surface area contributed by atoms with E-state index < -0.39 is 14.3 Å². The molecule has 1 aliphatic heterocycles. The van der Waals surface area contributed by atoms with Gasteiger partial charge in [0.1, 0.15) is 5.25 Å². The molecule has 2 rings (SSSR count). The highest BCUT2D eigenvalue weighted by Gasteiger charge is 2.38. The fourth-order valence-corrected chi connectivity index (χ4v) is 3.28. The predicted molar refractivity (Wildman–Crippen MR) is 77.0 cm³/mol. The van der Waals surface area contributed by atoms with Gasteiger partial charge in [-0.1, -0.05) is 11.6 Å². The van der Waals surface area contributed by atoms with Crippen LogP contribution in [0.2, 0.25) is 5.02 Å². The first kappa shape index (κ1) is 15.3. The molecule has 1 heterocycles. The van der Waals surface area contributed by atoms with Crippen LogP contribution in [-0.2, 0) is 13.8 Å². The molecule has 0 spiro atoms. The Bertz CT molecular complexity index is 687. The van der Waals surface area contributed by atoms with E-state index in [1.165, 1.54) is 24.0 Å². The second-order valence-electron chi connectivity index (χ2n) is 4.53. The van der Waals surface area contributed by atoms with E-state index in [1.807, 2.05) is 0 Å². The summed E-state index contributed by atoms with van der Waals surface area (Å²) in [6.07, 6.45) is -0.188. The summed E-state index contributed by atoms with van der Waals surface area (Å²) >= 11 is 6.02. The Morgan fingerprint density at radius 1 is 1.40 bits per heavy atom. The highest BCUT2D eigenvalue weighted by Crippen LogP contribution is 2.32. The summed E-state index contributed by atoms with van der Waals surface area (Å²) in [6.45, 7) is 1.33. The number of Topliss-reactive ketones (excluding diaryl/α,β-unsaturated/α-hetero) is 1. The first-order valence-electron chi connectivity index (χ1n) is 5.74. The van der Waals surface area contributed by atoms with Gasteiger partial charge in [0.25, 0.3) is 0 Å². The third kappa shape index (κ3) is 2.97. The maximum atomic E-state index is 11.9. The first-order chi connectivity index (χ1) is 9.20. The molecule has 1 unspecified atom stereocenters. The fourth-order valence-electron chi connectivity index (χ4n) is 2.03. The van der Waals surface area contributed by atoms with Gasteiger partial charge in [-0.15, -0.1) is 0 Å². The Morgan fingerprint density at radius 3 is 2.55 bits per heavy atom. The van der Waals surface area contributed by atoms with E-state index in [0.29, 0.717) is 11.3 Å². The van der Waals surface area contributed by atoms with Gasteiger partial charge in [-0.3, -0.25) is 9.59 Å². The van der Waals surface area contributed by atoms with Crippen molar-refractivity contribution in [3.05, 3.63) is 28.8 Å². The minimum absolute atomic E-state index is 0.0637. The number of amides is 1. The quantitative estimate of drug-likeness (QED) is 0.627. The molecule has 1 fully saturated rings. The zero-order valence-electron chi connectivity index (χ0n) is 10.5. The molecule has 0 aromatic heterocycles. The van der Waals surface area contributed by atoms with E-state index in [2.05, 4.69) is 0 Å². The number of hydrogen-bond acceptors (Lipinski definition) is 4. The third-order valence-electron chi connectivity index (χ3n) is 3.13. The number of halogens is 2. The standard InChI is InChI=1S/C12H11Cl2NO4S/c1-7(16)8-2-3-10(13)11(4-8)15-6-9(5-12(15)17)20(14,18)19/h2-4,9H,5-6H2,1H3. The molecule has 1 aromatic carbocycles.